The number of likely N-dealkylation sites (N-methyl/N-ethyl adjacent to an activating group) is 1. The summed E-state index contributed by atoms with van der Waals surface area (Å²) in [7, 11) is 0. The molecule has 18 heavy (non-hydrogen) atoms. The minimum absolute atomic E-state index is 0.180. The summed E-state index contributed by atoms with van der Waals surface area (Å²) in [5.41, 5.74) is 2.39. The van der Waals surface area contributed by atoms with E-state index in [2.05, 4.69) is 22.2 Å². The van der Waals surface area contributed by atoms with Crippen molar-refractivity contribution in [3.05, 3.63) is 23.7 Å². The van der Waals surface area contributed by atoms with E-state index < -0.39 is 0 Å². The molecule has 5 heteroatoms. The maximum atomic E-state index is 5.79. The second-order valence-electron chi connectivity index (χ2n) is 4.63. The first-order valence-corrected chi connectivity index (χ1v) is 6.33. The number of aromatic nitrogens is 2. The first-order valence-electron chi connectivity index (χ1n) is 6.33. The molecule has 3 rings (SSSR count). The lowest BCUT2D eigenvalue weighted by Gasteiger charge is -2.14. The van der Waals surface area contributed by atoms with Crippen LogP contribution < -0.4 is 5.32 Å². The normalized spacial score (nSPS) is 23.9. The number of fused-ring (bicyclic) bond motifs is 1. The molecule has 1 aliphatic heterocycles. The van der Waals surface area contributed by atoms with Crippen LogP contribution >= 0.6 is 0 Å². The number of oxazole rings is 1. The van der Waals surface area contributed by atoms with Gasteiger partial charge in [0.2, 0.25) is 5.89 Å². The van der Waals surface area contributed by atoms with Gasteiger partial charge in [-0.3, -0.25) is 0 Å². The lowest BCUT2D eigenvalue weighted by Crippen LogP contribution is -2.34. The van der Waals surface area contributed by atoms with Gasteiger partial charge in [0.05, 0.1) is 19.1 Å². The number of hydrogen-bond acceptors (Lipinski definition) is 5. The molecule has 5 nitrogen and oxygen atoms in total. The highest BCUT2D eigenvalue weighted by atomic mass is 16.5. The smallest absolute Gasteiger partial charge is 0.204 e. The molecule has 0 bridgehead atoms. The highest BCUT2D eigenvalue weighted by Gasteiger charge is 2.32. The molecule has 96 valence electrons. The lowest BCUT2D eigenvalue weighted by atomic mass is 10.0. The van der Waals surface area contributed by atoms with Crippen molar-refractivity contribution in [2.75, 3.05) is 19.8 Å². The second-order valence-corrected chi connectivity index (χ2v) is 4.63. The highest BCUT2D eigenvalue weighted by Crippen LogP contribution is 2.27. The fourth-order valence-corrected chi connectivity index (χ4v) is 2.35. The Morgan fingerprint density at radius 3 is 3.06 bits per heavy atom. The minimum atomic E-state index is 0.180. The fraction of sp³-hybridized carbons (Fsp3) is 0.538. The van der Waals surface area contributed by atoms with E-state index in [0.29, 0.717) is 18.9 Å². The molecule has 1 fully saturated rings. The lowest BCUT2D eigenvalue weighted by molar-refractivity contribution is 0.186. The predicted molar refractivity (Wildman–Crippen MR) is 67.6 cm³/mol. The van der Waals surface area contributed by atoms with E-state index in [1.807, 2.05) is 19.1 Å². The van der Waals surface area contributed by atoms with E-state index in [1.165, 1.54) is 0 Å². The van der Waals surface area contributed by atoms with Crippen molar-refractivity contribution in [3.8, 4) is 0 Å². The SMILES string of the molecule is CCNC1COCC1c1nc2nc(C)ccc2o1. The van der Waals surface area contributed by atoms with Gasteiger partial charge in [-0.1, -0.05) is 6.92 Å². The molecule has 1 N–H and O–H groups in total. The topological polar surface area (TPSA) is 60.2 Å². The number of rotatable bonds is 3. The second kappa shape index (κ2) is 4.66. The predicted octanol–water partition coefficient (Wildman–Crippen LogP) is 1.62. The van der Waals surface area contributed by atoms with Crippen molar-refractivity contribution in [2.45, 2.75) is 25.8 Å². The van der Waals surface area contributed by atoms with E-state index in [4.69, 9.17) is 9.15 Å². The van der Waals surface area contributed by atoms with Crippen molar-refractivity contribution in [1.29, 1.82) is 0 Å². The third-order valence-electron chi connectivity index (χ3n) is 3.27. The van der Waals surface area contributed by atoms with Gasteiger partial charge in [0.25, 0.3) is 0 Å². The van der Waals surface area contributed by atoms with Crippen LogP contribution in [0.1, 0.15) is 24.4 Å². The Balaban J connectivity index is 1.93. The molecule has 0 spiro atoms. The standard InChI is InChI=1S/C13H17N3O2/c1-3-14-10-7-17-6-9(10)13-16-12-11(18-13)5-4-8(2)15-12/h4-5,9-10,14H,3,6-7H2,1-2H3. The van der Waals surface area contributed by atoms with E-state index >= 15 is 0 Å². The molecule has 0 saturated carbocycles. The first kappa shape index (κ1) is 11.6. The molecule has 2 aromatic heterocycles. The third kappa shape index (κ3) is 2.00. The van der Waals surface area contributed by atoms with Crippen LogP contribution in [0.3, 0.4) is 0 Å². The fourth-order valence-electron chi connectivity index (χ4n) is 2.35. The number of nitrogens with zero attached hydrogens (tertiary/aromatic N) is 2. The first-order chi connectivity index (χ1) is 8.78. The molecule has 1 saturated heterocycles. The zero-order chi connectivity index (χ0) is 12.5. The summed E-state index contributed by atoms with van der Waals surface area (Å²) in [6.45, 7) is 6.33. The molecule has 2 atom stereocenters. The van der Waals surface area contributed by atoms with Gasteiger partial charge in [-0.15, -0.1) is 0 Å². The molecule has 0 aliphatic carbocycles. The maximum Gasteiger partial charge on any atom is 0.204 e. The Morgan fingerprint density at radius 1 is 1.33 bits per heavy atom. The molecular weight excluding hydrogens is 230 g/mol. The Kier molecular flexibility index (Phi) is 3.01. The molecule has 3 heterocycles. The summed E-state index contributed by atoms with van der Waals surface area (Å²) in [5.74, 6) is 0.908. The summed E-state index contributed by atoms with van der Waals surface area (Å²) in [5, 5.41) is 3.40. The Morgan fingerprint density at radius 2 is 2.22 bits per heavy atom. The largest absolute Gasteiger partial charge is 0.438 e. The summed E-state index contributed by atoms with van der Waals surface area (Å²) in [4.78, 5) is 8.86. The average molecular weight is 247 g/mol. The molecule has 0 radical (unpaired) electrons. The van der Waals surface area contributed by atoms with Gasteiger partial charge < -0.3 is 14.5 Å². The van der Waals surface area contributed by atoms with E-state index in [1.54, 1.807) is 0 Å². The summed E-state index contributed by atoms with van der Waals surface area (Å²) in [6, 6.07) is 4.14. The van der Waals surface area contributed by atoms with Crippen LogP contribution in [0.2, 0.25) is 0 Å². The highest BCUT2D eigenvalue weighted by molar-refractivity contribution is 5.67. The van der Waals surface area contributed by atoms with Gasteiger partial charge in [-0.2, -0.15) is 4.98 Å². The van der Waals surface area contributed by atoms with Gasteiger partial charge in [0.15, 0.2) is 11.2 Å². The summed E-state index contributed by atoms with van der Waals surface area (Å²) in [6.07, 6.45) is 0. The molecule has 0 aromatic carbocycles. The third-order valence-corrected chi connectivity index (χ3v) is 3.27. The number of nitrogens with one attached hydrogen (secondary N) is 1. The van der Waals surface area contributed by atoms with Crippen LogP contribution in [0.25, 0.3) is 11.2 Å². The van der Waals surface area contributed by atoms with Crippen molar-refractivity contribution < 1.29 is 9.15 Å². The number of aryl methyl sites for hydroxylation is 1. The monoisotopic (exact) mass is 247 g/mol. The van der Waals surface area contributed by atoms with Crippen LogP contribution in [-0.4, -0.2) is 35.8 Å². The van der Waals surface area contributed by atoms with Crippen molar-refractivity contribution >= 4 is 11.2 Å². The van der Waals surface area contributed by atoms with Gasteiger partial charge in [-0.05, 0) is 25.6 Å². The maximum absolute atomic E-state index is 5.79. The zero-order valence-corrected chi connectivity index (χ0v) is 10.6. The van der Waals surface area contributed by atoms with Crippen LogP contribution in [0.4, 0.5) is 0 Å². The average Bonchev–Trinajstić information content (AvgIpc) is 2.94. The Labute approximate surface area is 106 Å². The minimum Gasteiger partial charge on any atom is -0.438 e. The Hall–Kier alpha value is -1.46. The number of ether oxygens (including phenoxy) is 1. The summed E-state index contributed by atoms with van der Waals surface area (Å²) >= 11 is 0. The quantitative estimate of drug-likeness (QED) is 0.893. The Bertz CT molecular complexity index is 552. The molecule has 1 aliphatic rings. The van der Waals surface area contributed by atoms with E-state index in [9.17, 15) is 0 Å². The van der Waals surface area contributed by atoms with Gasteiger partial charge in [0.1, 0.15) is 0 Å². The molecular formula is C13H17N3O2. The summed E-state index contributed by atoms with van der Waals surface area (Å²) < 4.78 is 11.3. The van der Waals surface area contributed by atoms with Crippen molar-refractivity contribution in [2.24, 2.45) is 0 Å². The van der Waals surface area contributed by atoms with Crippen LogP contribution in [0, 0.1) is 6.92 Å². The van der Waals surface area contributed by atoms with Gasteiger partial charge >= 0.3 is 0 Å². The van der Waals surface area contributed by atoms with Gasteiger partial charge in [0, 0.05) is 11.7 Å². The van der Waals surface area contributed by atoms with Gasteiger partial charge in [-0.25, -0.2) is 4.98 Å². The van der Waals surface area contributed by atoms with E-state index in [0.717, 1.165) is 23.7 Å². The van der Waals surface area contributed by atoms with Crippen LogP contribution in [0.15, 0.2) is 16.5 Å². The van der Waals surface area contributed by atoms with Crippen LogP contribution in [-0.2, 0) is 4.74 Å². The van der Waals surface area contributed by atoms with E-state index in [-0.39, 0.29) is 12.0 Å². The zero-order valence-electron chi connectivity index (χ0n) is 10.6. The molecule has 2 aromatic rings. The number of hydrogen-bond donors (Lipinski definition) is 1. The van der Waals surface area contributed by atoms with Crippen molar-refractivity contribution in [1.82, 2.24) is 15.3 Å². The van der Waals surface area contributed by atoms with Crippen molar-refractivity contribution in [3.63, 3.8) is 0 Å². The number of pyridine rings is 1. The van der Waals surface area contributed by atoms with Crippen LogP contribution in [0.5, 0.6) is 0 Å². The molecule has 0 amide bonds. The molecule has 2 unspecified atom stereocenters.